The van der Waals surface area contributed by atoms with Crippen molar-refractivity contribution in [1.29, 1.82) is 0 Å². The predicted molar refractivity (Wildman–Crippen MR) is 70.2 cm³/mol. The van der Waals surface area contributed by atoms with Crippen LogP contribution in [-0.2, 0) is 0 Å². The molecular weight excluding hydrogens is 224 g/mol. The van der Waals surface area contributed by atoms with Gasteiger partial charge in [0.2, 0.25) is 0 Å². The number of hydrogen-bond donors (Lipinski definition) is 0. The lowest BCUT2D eigenvalue weighted by molar-refractivity contribution is 1.07. The summed E-state index contributed by atoms with van der Waals surface area (Å²) in [6.07, 6.45) is 3.29. The lowest BCUT2D eigenvalue weighted by Gasteiger charge is -1.99. The summed E-state index contributed by atoms with van der Waals surface area (Å²) in [4.78, 5) is 8.00. The Kier molecular flexibility index (Phi) is 2.75. The van der Waals surface area contributed by atoms with E-state index in [4.69, 9.17) is 0 Å². The SMILES string of the molecule is c1cnc(/N=N/c2cccc3ccccc23)nc1. The van der Waals surface area contributed by atoms with Gasteiger partial charge in [-0.05, 0) is 17.5 Å². The van der Waals surface area contributed by atoms with Gasteiger partial charge in [0.1, 0.15) is 0 Å². The van der Waals surface area contributed by atoms with Crippen molar-refractivity contribution in [2.24, 2.45) is 10.2 Å². The van der Waals surface area contributed by atoms with Gasteiger partial charge in [0.05, 0.1) is 5.69 Å². The Hall–Kier alpha value is -2.62. The molecule has 1 aromatic heterocycles. The van der Waals surface area contributed by atoms with Crippen LogP contribution in [0.25, 0.3) is 10.8 Å². The molecule has 0 spiro atoms. The fraction of sp³-hybridized carbons (Fsp3) is 0. The molecule has 18 heavy (non-hydrogen) atoms. The zero-order valence-electron chi connectivity index (χ0n) is 9.56. The molecule has 0 aliphatic rings. The molecule has 3 aromatic rings. The molecule has 0 fully saturated rings. The fourth-order valence-corrected chi connectivity index (χ4v) is 1.74. The molecule has 4 heteroatoms. The van der Waals surface area contributed by atoms with Crippen molar-refractivity contribution < 1.29 is 0 Å². The zero-order chi connectivity index (χ0) is 12.2. The first kappa shape index (κ1) is 10.5. The van der Waals surface area contributed by atoms with E-state index in [1.165, 1.54) is 0 Å². The molecule has 1 heterocycles. The predicted octanol–water partition coefficient (Wildman–Crippen LogP) is 4.05. The fourth-order valence-electron chi connectivity index (χ4n) is 1.74. The number of azo groups is 1. The van der Waals surface area contributed by atoms with E-state index in [2.05, 4.69) is 20.2 Å². The summed E-state index contributed by atoms with van der Waals surface area (Å²) in [7, 11) is 0. The molecule has 2 aromatic carbocycles. The van der Waals surface area contributed by atoms with Gasteiger partial charge in [-0.1, -0.05) is 36.4 Å². The van der Waals surface area contributed by atoms with Crippen molar-refractivity contribution >= 4 is 22.4 Å². The van der Waals surface area contributed by atoms with Crippen LogP contribution in [0.15, 0.2) is 71.2 Å². The van der Waals surface area contributed by atoms with Crippen LogP contribution >= 0.6 is 0 Å². The summed E-state index contributed by atoms with van der Waals surface area (Å²) in [5.41, 5.74) is 0.820. The number of nitrogens with zero attached hydrogens (tertiary/aromatic N) is 4. The van der Waals surface area contributed by atoms with E-state index < -0.39 is 0 Å². The first-order chi connectivity index (χ1) is 8.93. The molecule has 0 saturated heterocycles. The molecule has 0 amide bonds. The van der Waals surface area contributed by atoms with Gasteiger partial charge in [-0.15, -0.1) is 10.2 Å². The Morgan fingerprint density at radius 2 is 1.50 bits per heavy atom. The number of rotatable bonds is 2. The highest BCUT2D eigenvalue weighted by molar-refractivity contribution is 5.92. The highest BCUT2D eigenvalue weighted by Crippen LogP contribution is 2.26. The summed E-state index contributed by atoms with van der Waals surface area (Å²) in [5.74, 6) is 0.366. The second-order valence-electron chi connectivity index (χ2n) is 3.75. The minimum Gasteiger partial charge on any atom is -0.218 e. The van der Waals surface area contributed by atoms with E-state index in [1.807, 2.05) is 42.5 Å². The number of aromatic nitrogens is 2. The lowest BCUT2D eigenvalue weighted by Crippen LogP contribution is -1.76. The van der Waals surface area contributed by atoms with Gasteiger partial charge in [0.25, 0.3) is 5.95 Å². The van der Waals surface area contributed by atoms with Crippen LogP contribution in [0.2, 0.25) is 0 Å². The van der Waals surface area contributed by atoms with Gasteiger partial charge in [-0.25, -0.2) is 9.97 Å². The standard InChI is InChI=1S/C14H10N4/c1-2-7-12-11(5-1)6-3-8-13(12)17-18-14-15-9-4-10-16-14/h1-10H/b18-17+. The van der Waals surface area contributed by atoms with Gasteiger partial charge in [-0.3, -0.25) is 0 Å². The maximum absolute atomic E-state index is 4.20. The molecule has 0 saturated carbocycles. The minimum absolute atomic E-state index is 0.366. The molecule has 0 atom stereocenters. The Balaban J connectivity index is 2.03. The lowest BCUT2D eigenvalue weighted by atomic mass is 10.1. The first-order valence-electron chi connectivity index (χ1n) is 5.60. The third kappa shape index (κ3) is 2.08. The Bertz CT molecular complexity index is 687. The highest BCUT2D eigenvalue weighted by Gasteiger charge is 1.98. The number of benzene rings is 2. The topological polar surface area (TPSA) is 50.5 Å². The smallest absolute Gasteiger partial charge is 0.218 e. The maximum Gasteiger partial charge on any atom is 0.268 e. The Labute approximate surface area is 104 Å². The molecule has 0 aliphatic heterocycles. The van der Waals surface area contributed by atoms with Gasteiger partial charge >= 0.3 is 0 Å². The number of fused-ring (bicyclic) bond motifs is 1. The van der Waals surface area contributed by atoms with Crippen molar-refractivity contribution in [3.05, 3.63) is 60.9 Å². The first-order valence-corrected chi connectivity index (χ1v) is 5.60. The van der Waals surface area contributed by atoms with E-state index in [-0.39, 0.29) is 0 Å². The summed E-state index contributed by atoms with van der Waals surface area (Å²) in [6.45, 7) is 0. The third-order valence-electron chi connectivity index (χ3n) is 2.57. The summed E-state index contributed by atoms with van der Waals surface area (Å²) >= 11 is 0. The molecule has 0 unspecified atom stereocenters. The Morgan fingerprint density at radius 1 is 0.722 bits per heavy atom. The summed E-state index contributed by atoms with van der Waals surface area (Å²) < 4.78 is 0. The Morgan fingerprint density at radius 3 is 2.39 bits per heavy atom. The average molecular weight is 234 g/mol. The van der Waals surface area contributed by atoms with Gasteiger partial charge in [0.15, 0.2) is 0 Å². The minimum atomic E-state index is 0.366. The van der Waals surface area contributed by atoms with Crippen LogP contribution in [0, 0.1) is 0 Å². The largest absolute Gasteiger partial charge is 0.268 e. The molecule has 86 valence electrons. The highest BCUT2D eigenvalue weighted by atomic mass is 15.2. The van der Waals surface area contributed by atoms with Crippen molar-refractivity contribution in [3.63, 3.8) is 0 Å². The van der Waals surface area contributed by atoms with Crippen LogP contribution in [0.5, 0.6) is 0 Å². The van der Waals surface area contributed by atoms with Gasteiger partial charge < -0.3 is 0 Å². The van der Waals surface area contributed by atoms with Crippen LogP contribution in [0.1, 0.15) is 0 Å². The molecule has 3 rings (SSSR count). The van der Waals surface area contributed by atoms with Crippen LogP contribution < -0.4 is 0 Å². The zero-order valence-corrected chi connectivity index (χ0v) is 9.56. The van der Waals surface area contributed by atoms with Gasteiger partial charge in [-0.2, -0.15) is 0 Å². The maximum atomic E-state index is 4.20. The van der Waals surface area contributed by atoms with E-state index in [0.717, 1.165) is 16.5 Å². The van der Waals surface area contributed by atoms with Crippen molar-refractivity contribution in [2.75, 3.05) is 0 Å². The summed E-state index contributed by atoms with van der Waals surface area (Å²) in [6, 6.07) is 15.7. The van der Waals surface area contributed by atoms with Gasteiger partial charge in [0, 0.05) is 17.8 Å². The quantitative estimate of drug-likeness (QED) is 0.628. The normalized spacial score (nSPS) is 11.1. The molecule has 0 radical (unpaired) electrons. The van der Waals surface area contributed by atoms with Crippen molar-refractivity contribution in [3.8, 4) is 0 Å². The average Bonchev–Trinajstić information content (AvgIpc) is 2.46. The molecular formula is C14H10N4. The summed E-state index contributed by atoms with van der Waals surface area (Å²) in [5, 5.41) is 10.4. The second kappa shape index (κ2) is 4.71. The van der Waals surface area contributed by atoms with E-state index in [9.17, 15) is 0 Å². The van der Waals surface area contributed by atoms with E-state index in [1.54, 1.807) is 18.5 Å². The van der Waals surface area contributed by atoms with Crippen LogP contribution in [-0.4, -0.2) is 9.97 Å². The molecule has 0 aliphatic carbocycles. The van der Waals surface area contributed by atoms with Crippen molar-refractivity contribution in [2.45, 2.75) is 0 Å². The second-order valence-corrected chi connectivity index (χ2v) is 3.75. The third-order valence-corrected chi connectivity index (χ3v) is 2.57. The van der Waals surface area contributed by atoms with Crippen molar-refractivity contribution in [1.82, 2.24) is 9.97 Å². The van der Waals surface area contributed by atoms with E-state index >= 15 is 0 Å². The molecule has 0 N–H and O–H groups in total. The van der Waals surface area contributed by atoms with Crippen LogP contribution in [0.3, 0.4) is 0 Å². The number of hydrogen-bond acceptors (Lipinski definition) is 4. The molecule has 4 nitrogen and oxygen atoms in total. The van der Waals surface area contributed by atoms with E-state index in [0.29, 0.717) is 5.95 Å². The van der Waals surface area contributed by atoms with Crippen LogP contribution in [0.4, 0.5) is 11.6 Å². The monoisotopic (exact) mass is 234 g/mol. The molecule has 0 bridgehead atoms.